The number of carbonyl (C=O) groups is 2. The van der Waals surface area contributed by atoms with Crippen LogP contribution in [0.2, 0.25) is 5.02 Å². The summed E-state index contributed by atoms with van der Waals surface area (Å²) in [5.41, 5.74) is 5.32. The van der Waals surface area contributed by atoms with Crippen LogP contribution in [0, 0.1) is 0 Å². The molecule has 6 heteroatoms. The van der Waals surface area contributed by atoms with E-state index in [-0.39, 0.29) is 5.91 Å². The van der Waals surface area contributed by atoms with Crippen LogP contribution in [0.15, 0.2) is 18.2 Å². The lowest BCUT2D eigenvalue weighted by molar-refractivity contribution is -0.121. The normalized spacial score (nSPS) is 22.2. The van der Waals surface area contributed by atoms with Crippen LogP contribution in [0.4, 0.5) is 5.69 Å². The Morgan fingerprint density at radius 1 is 1.47 bits per heavy atom. The summed E-state index contributed by atoms with van der Waals surface area (Å²) < 4.78 is 0. The molecule has 0 aromatic heterocycles. The minimum atomic E-state index is -0.591. The first-order valence-electron chi connectivity index (χ1n) is 6.08. The van der Waals surface area contributed by atoms with Crippen molar-refractivity contribution in [1.29, 1.82) is 0 Å². The molecule has 102 valence electrons. The number of carbonyl (C=O) groups excluding carboxylic acids is 2. The molecule has 1 atom stereocenters. The summed E-state index contributed by atoms with van der Waals surface area (Å²) in [6.45, 7) is 2.67. The second kappa shape index (κ2) is 5.19. The zero-order valence-electron chi connectivity index (χ0n) is 10.6. The van der Waals surface area contributed by atoms with Gasteiger partial charge in [-0.15, -0.1) is 0 Å². The summed E-state index contributed by atoms with van der Waals surface area (Å²) in [5.74, 6) is -0.717. The van der Waals surface area contributed by atoms with Gasteiger partial charge in [-0.2, -0.15) is 0 Å². The highest BCUT2D eigenvalue weighted by Gasteiger charge is 2.36. The van der Waals surface area contributed by atoms with Crippen molar-refractivity contribution in [3.8, 4) is 0 Å². The Kier molecular flexibility index (Phi) is 3.78. The van der Waals surface area contributed by atoms with E-state index in [1.54, 1.807) is 6.07 Å². The van der Waals surface area contributed by atoms with Gasteiger partial charge in [0, 0.05) is 5.56 Å². The molecule has 2 amide bonds. The van der Waals surface area contributed by atoms with Gasteiger partial charge >= 0.3 is 0 Å². The van der Waals surface area contributed by atoms with E-state index in [9.17, 15) is 9.59 Å². The van der Waals surface area contributed by atoms with Gasteiger partial charge in [0.2, 0.25) is 11.8 Å². The molecule has 1 fully saturated rings. The molecule has 1 aliphatic rings. The minimum Gasteiger partial charge on any atom is -0.366 e. The number of anilines is 1. The Morgan fingerprint density at radius 2 is 2.21 bits per heavy atom. The Bertz CT molecular complexity index is 525. The van der Waals surface area contributed by atoms with E-state index in [0.29, 0.717) is 16.3 Å². The average molecular weight is 282 g/mol. The number of nitrogens with one attached hydrogen (secondary N) is 2. The average Bonchev–Trinajstić information content (AvgIpc) is 2.80. The Morgan fingerprint density at radius 3 is 2.79 bits per heavy atom. The van der Waals surface area contributed by atoms with Gasteiger partial charge in [0.15, 0.2) is 0 Å². The van der Waals surface area contributed by atoms with Crippen LogP contribution in [0.5, 0.6) is 0 Å². The van der Waals surface area contributed by atoms with E-state index in [2.05, 4.69) is 10.6 Å². The molecular weight excluding hydrogens is 266 g/mol. The van der Waals surface area contributed by atoms with Crippen molar-refractivity contribution in [2.45, 2.75) is 25.3 Å². The van der Waals surface area contributed by atoms with Crippen molar-refractivity contribution in [2.75, 3.05) is 11.9 Å². The Hall–Kier alpha value is -1.59. The lowest BCUT2D eigenvalue weighted by atomic mass is 9.99. The number of benzene rings is 1. The maximum atomic E-state index is 12.2. The maximum absolute atomic E-state index is 12.2. The van der Waals surface area contributed by atoms with Gasteiger partial charge in [0.1, 0.15) is 0 Å². The highest BCUT2D eigenvalue weighted by atomic mass is 35.5. The molecule has 1 heterocycles. The summed E-state index contributed by atoms with van der Waals surface area (Å²) in [6, 6.07) is 4.55. The summed E-state index contributed by atoms with van der Waals surface area (Å²) in [5, 5.41) is 6.28. The molecule has 19 heavy (non-hydrogen) atoms. The highest BCUT2D eigenvalue weighted by molar-refractivity contribution is 6.34. The van der Waals surface area contributed by atoms with Gasteiger partial charge in [0.05, 0.1) is 16.2 Å². The van der Waals surface area contributed by atoms with Crippen molar-refractivity contribution in [3.63, 3.8) is 0 Å². The predicted molar refractivity (Wildman–Crippen MR) is 74.2 cm³/mol. The smallest absolute Gasteiger partial charge is 0.248 e. The van der Waals surface area contributed by atoms with E-state index in [1.165, 1.54) is 12.1 Å². The summed E-state index contributed by atoms with van der Waals surface area (Å²) in [4.78, 5) is 23.3. The van der Waals surface area contributed by atoms with E-state index >= 15 is 0 Å². The molecule has 5 nitrogen and oxygen atoms in total. The Balaban J connectivity index is 2.20. The standard InChI is InChI=1S/C13H16ClN3O2/c1-13(5-2-6-16-13)12(19)17-10-7-8(11(15)18)3-4-9(10)14/h3-4,7,16H,2,5-6H2,1H3,(H2,15,18)(H,17,19). The number of nitrogens with two attached hydrogens (primary N) is 1. The van der Waals surface area contributed by atoms with Crippen LogP contribution < -0.4 is 16.4 Å². The van der Waals surface area contributed by atoms with Crippen molar-refractivity contribution in [2.24, 2.45) is 5.73 Å². The number of amides is 2. The molecule has 1 aromatic carbocycles. The predicted octanol–water partition coefficient (Wildman–Crippen LogP) is 1.52. The number of hydrogen-bond donors (Lipinski definition) is 3. The van der Waals surface area contributed by atoms with Gasteiger partial charge in [-0.05, 0) is 44.5 Å². The first kappa shape index (κ1) is 13.8. The zero-order chi connectivity index (χ0) is 14.0. The minimum absolute atomic E-state index is 0.159. The monoisotopic (exact) mass is 281 g/mol. The molecule has 1 saturated heterocycles. The maximum Gasteiger partial charge on any atom is 0.248 e. The lowest BCUT2D eigenvalue weighted by Gasteiger charge is -2.23. The van der Waals surface area contributed by atoms with Gasteiger partial charge < -0.3 is 16.4 Å². The van der Waals surface area contributed by atoms with Crippen molar-refractivity contribution in [1.82, 2.24) is 5.32 Å². The molecule has 4 N–H and O–H groups in total. The molecular formula is C13H16ClN3O2. The molecule has 2 rings (SSSR count). The van der Waals surface area contributed by atoms with Crippen molar-refractivity contribution < 1.29 is 9.59 Å². The van der Waals surface area contributed by atoms with Crippen LogP contribution in [-0.2, 0) is 4.79 Å². The van der Waals surface area contributed by atoms with Crippen molar-refractivity contribution in [3.05, 3.63) is 28.8 Å². The van der Waals surface area contributed by atoms with E-state index in [0.717, 1.165) is 19.4 Å². The number of rotatable bonds is 3. The second-order valence-electron chi connectivity index (χ2n) is 4.88. The molecule has 0 aliphatic carbocycles. The number of primary amides is 1. The van der Waals surface area contributed by atoms with Gasteiger partial charge in [0.25, 0.3) is 0 Å². The summed E-state index contributed by atoms with van der Waals surface area (Å²) in [6.07, 6.45) is 1.73. The van der Waals surface area contributed by atoms with Crippen LogP contribution in [0.1, 0.15) is 30.1 Å². The van der Waals surface area contributed by atoms with Crippen LogP contribution >= 0.6 is 11.6 Å². The summed E-state index contributed by atoms with van der Waals surface area (Å²) in [7, 11) is 0. The molecule has 0 spiro atoms. The summed E-state index contributed by atoms with van der Waals surface area (Å²) >= 11 is 6.01. The SMILES string of the molecule is CC1(C(=O)Nc2cc(C(N)=O)ccc2Cl)CCCN1. The van der Waals surface area contributed by atoms with Crippen LogP contribution in [0.25, 0.3) is 0 Å². The topological polar surface area (TPSA) is 84.2 Å². The largest absolute Gasteiger partial charge is 0.366 e. The zero-order valence-corrected chi connectivity index (χ0v) is 11.4. The third-order valence-corrected chi connectivity index (χ3v) is 3.70. The Labute approximate surface area is 116 Å². The fourth-order valence-corrected chi connectivity index (χ4v) is 2.29. The fourth-order valence-electron chi connectivity index (χ4n) is 2.12. The first-order valence-corrected chi connectivity index (χ1v) is 6.46. The first-order chi connectivity index (χ1) is 8.92. The van der Waals surface area contributed by atoms with Crippen LogP contribution in [-0.4, -0.2) is 23.9 Å². The number of halogens is 1. The van der Waals surface area contributed by atoms with E-state index in [4.69, 9.17) is 17.3 Å². The fraction of sp³-hybridized carbons (Fsp3) is 0.385. The molecule has 1 aromatic rings. The highest BCUT2D eigenvalue weighted by Crippen LogP contribution is 2.26. The van der Waals surface area contributed by atoms with Crippen molar-refractivity contribution >= 4 is 29.1 Å². The molecule has 0 bridgehead atoms. The van der Waals surface area contributed by atoms with Gasteiger partial charge in [-0.3, -0.25) is 9.59 Å². The third kappa shape index (κ3) is 2.88. The van der Waals surface area contributed by atoms with Crippen LogP contribution in [0.3, 0.4) is 0 Å². The molecule has 1 aliphatic heterocycles. The number of hydrogen-bond acceptors (Lipinski definition) is 3. The quantitative estimate of drug-likeness (QED) is 0.785. The van der Waals surface area contributed by atoms with E-state index in [1.807, 2.05) is 6.92 Å². The molecule has 1 unspecified atom stereocenters. The molecule has 0 radical (unpaired) electrons. The second-order valence-corrected chi connectivity index (χ2v) is 5.28. The molecule has 0 saturated carbocycles. The lowest BCUT2D eigenvalue weighted by Crippen LogP contribution is -2.48. The van der Waals surface area contributed by atoms with Gasteiger partial charge in [-0.25, -0.2) is 0 Å². The van der Waals surface area contributed by atoms with E-state index < -0.39 is 11.4 Å². The van der Waals surface area contributed by atoms with Gasteiger partial charge in [-0.1, -0.05) is 11.6 Å². The third-order valence-electron chi connectivity index (χ3n) is 3.37.